The lowest BCUT2D eigenvalue weighted by Gasteiger charge is -2.39. The molecular formula is C8H11F3O2. The maximum atomic E-state index is 13.4. The predicted octanol–water partition coefficient (Wildman–Crippen LogP) is 2.23. The highest BCUT2D eigenvalue weighted by molar-refractivity contribution is 5.77. The van der Waals surface area contributed by atoms with E-state index in [1.807, 2.05) is 0 Å². The zero-order valence-corrected chi connectivity index (χ0v) is 7.19. The average molecular weight is 196 g/mol. The number of alkyl halides is 3. The van der Waals surface area contributed by atoms with E-state index in [-0.39, 0.29) is 0 Å². The second kappa shape index (κ2) is 2.89. The van der Waals surface area contributed by atoms with Crippen LogP contribution in [0, 0.1) is 5.92 Å². The van der Waals surface area contributed by atoms with Crippen LogP contribution >= 0.6 is 0 Å². The van der Waals surface area contributed by atoms with Gasteiger partial charge in [0, 0.05) is 0 Å². The van der Waals surface area contributed by atoms with Crippen LogP contribution in [0.15, 0.2) is 0 Å². The van der Waals surface area contributed by atoms with Crippen LogP contribution in [-0.4, -0.2) is 22.7 Å². The fourth-order valence-corrected chi connectivity index (χ4v) is 1.42. The summed E-state index contributed by atoms with van der Waals surface area (Å²) < 4.78 is 39.1. The lowest BCUT2D eigenvalue weighted by Crippen LogP contribution is -2.54. The summed E-state index contributed by atoms with van der Waals surface area (Å²) >= 11 is 0. The molecule has 1 aliphatic rings. The minimum Gasteiger partial charge on any atom is -0.477 e. The van der Waals surface area contributed by atoms with Gasteiger partial charge < -0.3 is 5.11 Å². The Kier molecular flexibility index (Phi) is 2.30. The van der Waals surface area contributed by atoms with Crippen molar-refractivity contribution >= 4 is 5.97 Å². The van der Waals surface area contributed by atoms with Crippen molar-refractivity contribution in [1.82, 2.24) is 0 Å². The SMILES string of the molecule is CC(F)(C1CCC1)C(F)(F)C(=O)O. The largest absolute Gasteiger partial charge is 0.477 e. The second-order valence-electron chi connectivity index (χ2n) is 3.58. The molecule has 0 saturated heterocycles. The lowest BCUT2D eigenvalue weighted by atomic mass is 9.72. The quantitative estimate of drug-likeness (QED) is 0.751. The van der Waals surface area contributed by atoms with E-state index in [0.29, 0.717) is 26.2 Å². The third-order valence-corrected chi connectivity index (χ3v) is 2.75. The molecule has 1 aliphatic carbocycles. The van der Waals surface area contributed by atoms with Gasteiger partial charge in [0.2, 0.25) is 0 Å². The van der Waals surface area contributed by atoms with Gasteiger partial charge >= 0.3 is 11.9 Å². The van der Waals surface area contributed by atoms with Crippen molar-refractivity contribution in [2.75, 3.05) is 0 Å². The first kappa shape index (κ1) is 10.3. The predicted molar refractivity (Wildman–Crippen MR) is 39.4 cm³/mol. The summed E-state index contributed by atoms with van der Waals surface area (Å²) in [4.78, 5) is 10.1. The summed E-state index contributed by atoms with van der Waals surface area (Å²) in [5, 5.41) is 8.16. The molecule has 1 N–H and O–H groups in total. The van der Waals surface area contributed by atoms with Crippen molar-refractivity contribution in [3.63, 3.8) is 0 Å². The molecule has 0 amide bonds. The van der Waals surface area contributed by atoms with Crippen molar-refractivity contribution in [3.8, 4) is 0 Å². The molecule has 1 fully saturated rings. The van der Waals surface area contributed by atoms with Crippen LogP contribution in [0.4, 0.5) is 13.2 Å². The molecule has 0 radical (unpaired) electrons. The van der Waals surface area contributed by atoms with Gasteiger partial charge in [-0.05, 0) is 25.7 Å². The first-order valence-electron chi connectivity index (χ1n) is 4.10. The summed E-state index contributed by atoms with van der Waals surface area (Å²) in [5.74, 6) is -7.49. The summed E-state index contributed by atoms with van der Waals surface area (Å²) in [6.07, 6.45) is 1.38. The molecular weight excluding hydrogens is 185 g/mol. The van der Waals surface area contributed by atoms with Crippen LogP contribution in [0.1, 0.15) is 26.2 Å². The Morgan fingerprint density at radius 2 is 1.85 bits per heavy atom. The van der Waals surface area contributed by atoms with Crippen molar-refractivity contribution in [1.29, 1.82) is 0 Å². The smallest absolute Gasteiger partial charge is 0.378 e. The van der Waals surface area contributed by atoms with Crippen LogP contribution in [0.25, 0.3) is 0 Å². The standard InChI is InChI=1S/C8H11F3O2/c1-7(9,5-3-2-4-5)8(10,11)6(12)13/h5H,2-4H2,1H3,(H,12,13). The Hall–Kier alpha value is -0.740. The Morgan fingerprint density at radius 3 is 2.08 bits per heavy atom. The van der Waals surface area contributed by atoms with Crippen LogP contribution in [-0.2, 0) is 4.79 Å². The molecule has 5 heteroatoms. The van der Waals surface area contributed by atoms with E-state index in [1.165, 1.54) is 0 Å². The van der Waals surface area contributed by atoms with E-state index >= 15 is 0 Å². The summed E-state index contributed by atoms with van der Waals surface area (Å²) in [6, 6.07) is 0. The maximum absolute atomic E-state index is 13.4. The molecule has 0 heterocycles. The number of carboxylic acid groups (broad SMARTS) is 1. The molecule has 0 aromatic rings. The Balaban J connectivity index is 2.83. The molecule has 1 atom stereocenters. The number of aliphatic carboxylic acids is 1. The van der Waals surface area contributed by atoms with Crippen molar-refractivity contribution in [2.24, 2.45) is 5.92 Å². The van der Waals surface area contributed by atoms with Gasteiger partial charge in [-0.15, -0.1) is 0 Å². The Morgan fingerprint density at radius 1 is 1.38 bits per heavy atom. The third-order valence-electron chi connectivity index (χ3n) is 2.75. The normalized spacial score (nSPS) is 23.4. The molecule has 76 valence electrons. The van der Waals surface area contributed by atoms with E-state index in [1.54, 1.807) is 0 Å². The Bertz CT molecular complexity index is 221. The molecule has 1 saturated carbocycles. The fraction of sp³-hybridized carbons (Fsp3) is 0.875. The number of hydrogen-bond acceptors (Lipinski definition) is 1. The molecule has 2 nitrogen and oxygen atoms in total. The number of rotatable bonds is 3. The van der Waals surface area contributed by atoms with Gasteiger partial charge in [-0.3, -0.25) is 0 Å². The van der Waals surface area contributed by atoms with E-state index < -0.39 is 23.5 Å². The summed E-state index contributed by atoms with van der Waals surface area (Å²) in [7, 11) is 0. The fourth-order valence-electron chi connectivity index (χ4n) is 1.42. The van der Waals surface area contributed by atoms with Gasteiger partial charge in [0.25, 0.3) is 0 Å². The first-order valence-corrected chi connectivity index (χ1v) is 4.10. The van der Waals surface area contributed by atoms with Gasteiger partial charge in [0.1, 0.15) is 0 Å². The molecule has 1 rings (SSSR count). The number of carbonyl (C=O) groups is 1. The van der Waals surface area contributed by atoms with Gasteiger partial charge in [0.05, 0.1) is 0 Å². The second-order valence-corrected chi connectivity index (χ2v) is 3.58. The third kappa shape index (κ3) is 1.40. The van der Waals surface area contributed by atoms with E-state index in [0.717, 1.165) is 0 Å². The van der Waals surface area contributed by atoms with Crippen LogP contribution in [0.5, 0.6) is 0 Å². The van der Waals surface area contributed by atoms with Crippen molar-refractivity contribution < 1.29 is 23.1 Å². The van der Waals surface area contributed by atoms with E-state index in [4.69, 9.17) is 5.11 Å². The molecule has 1 unspecified atom stereocenters. The van der Waals surface area contributed by atoms with E-state index in [2.05, 4.69) is 0 Å². The average Bonchev–Trinajstić information content (AvgIpc) is 1.80. The minimum absolute atomic E-state index is 0.343. The summed E-state index contributed by atoms with van der Waals surface area (Å²) in [6.45, 7) is 0.672. The van der Waals surface area contributed by atoms with Gasteiger partial charge in [0.15, 0.2) is 5.67 Å². The zero-order valence-electron chi connectivity index (χ0n) is 7.19. The minimum atomic E-state index is -4.28. The van der Waals surface area contributed by atoms with Crippen LogP contribution < -0.4 is 0 Å². The molecule has 0 bridgehead atoms. The number of halogens is 3. The van der Waals surface area contributed by atoms with Crippen LogP contribution in [0.2, 0.25) is 0 Å². The molecule has 0 aliphatic heterocycles. The van der Waals surface area contributed by atoms with E-state index in [9.17, 15) is 18.0 Å². The number of carboxylic acids is 1. The topological polar surface area (TPSA) is 37.3 Å². The monoisotopic (exact) mass is 196 g/mol. The highest BCUT2D eigenvalue weighted by atomic mass is 19.3. The van der Waals surface area contributed by atoms with Crippen molar-refractivity contribution in [3.05, 3.63) is 0 Å². The molecule has 0 aromatic carbocycles. The maximum Gasteiger partial charge on any atom is 0.378 e. The van der Waals surface area contributed by atoms with Gasteiger partial charge in [-0.2, -0.15) is 8.78 Å². The van der Waals surface area contributed by atoms with Crippen molar-refractivity contribution in [2.45, 2.75) is 37.8 Å². The van der Waals surface area contributed by atoms with Crippen LogP contribution in [0.3, 0.4) is 0 Å². The first-order chi connectivity index (χ1) is 5.80. The Labute approximate surface area is 73.7 Å². The van der Waals surface area contributed by atoms with Gasteiger partial charge in [-0.1, -0.05) is 6.42 Å². The highest BCUT2D eigenvalue weighted by Crippen LogP contribution is 2.47. The van der Waals surface area contributed by atoms with Gasteiger partial charge in [-0.25, -0.2) is 9.18 Å². The molecule has 0 aromatic heterocycles. The number of hydrogen-bond donors (Lipinski definition) is 1. The lowest BCUT2D eigenvalue weighted by molar-refractivity contribution is -0.202. The summed E-state index contributed by atoms with van der Waals surface area (Å²) in [5.41, 5.74) is -2.92. The molecule has 0 spiro atoms. The molecule has 13 heavy (non-hydrogen) atoms. The highest BCUT2D eigenvalue weighted by Gasteiger charge is 2.62. The zero-order chi connectivity index (χ0) is 10.3.